The average Bonchev–Trinajstić information content (AvgIpc) is 2.67. The molecule has 0 aliphatic rings. The molecule has 1 unspecified atom stereocenters. The van der Waals surface area contributed by atoms with Gasteiger partial charge in [0.15, 0.2) is 21.5 Å². The van der Waals surface area contributed by atoms with E-state index in [2.05, 4.69) is 10.3 Å². The second-order valence-electron chi connectivity index (χ2n) is 7.11. The van der Waals surface area contributed by atoms with Crippen LogP contribution in [0.15, 0.2) is 24.4 Å². The molecule has 0 spiro atoms. The van der Waals surface area contributed by atoms with Crippen LogP contribution in [0.4, 0.5) is 22.0 Å². The molecule has 170 valence electrons. The molecule has 1 amide bonds. The van der Waals surface area contributed by atoms with E-state index in [-0.39, 0.29) is 16.8 Å². The van der Waals surface area contributed by atoms with Gasteiger partial charge in [-0.2, -0.15) is 0 Å². The summed E-state index contributed by atoms with van der Waals surface area (Å²) in [6.45, 7) is 3.84. The lowest BCUT2D eigenvalue weighted by atomic mass is 10.00. The van der Waals surface area contributed by atoms with Gasteiger partial charge >= 0.3 is 0 Å². The van der Waals surface area contributed by atoms with Crippen molar-refractivity contribution in [3.63, 3.8) is 0 Å². The molecule has 0 radical (unpaired) electrons. The summed E-state index contributed by atoms with van der Waals surface area (Å²) >= 11 is 0. The Balaban J connectivity index is 2.70. The Bertz CT molecular complexity index is 1080. The minimum atomic E-state index is -4.66. The Labute approximate surface area is 176 Å². The molecule has 0 aliphatic heterocycles. The monoisotopic (exact) mass is 464 g/mol. The number of nitrogens with zero attached hydrogens (tertiary/aromatic N) is 1. The van der Waals surface area contributed by atoms with Crippen LogP contribution in [0.25, 0.3) is 0 Å². The lowest BCUT2D eigenvalue weighted by Crippen LogP contribution is -2.26. The molecule has 2 rings (SSSR count). The first kappa shape index (κ1) is 24.7. The third-order valence-corrected chi connectivity index (χ3v) is 6.51. The topological polar surface area (TPSA) is 76.1 Å². The summed E-state index contributed by atoms with van der Waals surface area (Å²) in [5.74, 6) is -9.64. The van der Waals surface area contributed by atoms with E-state index in [1.54, 1.807) is 6.92 Å². The maximum Gasteiger partial charge on any atom is 0.269 e. The molecule has 11 heteroatoms. The summed E-state index contributed by atoms with van der Waals surface area (Å²) in [6.07, 6.45) is -0.177. The molecule has 5 nitrogen and oxygen atoms in total. The quantitative estimate of drug-likeness (QED) is 0.471. The normalized spacial score (nSPS) is 13.2. The van der Waals surface area contributed by atoms with Gasteiger partial charge in [0.1, 0.15) is 16.8 Å². The smallest absolute Gasteiger partial charge is 0.269 e. The van der Waals surface area contributed by atoms with Crippen molar-refractivity contribution >= 4 is 15.7 Å². The van der Waals surface area contributed by atoms with Gasteiger partial charge < -0.3 is 5.32 Å². The fraction of sp³-hybridized carbons (Fsp3) is 0.400. The minimum absolute atomic E-state index is 0.0838. The van der Waals surface area contributed by atoms with Crippen molar-refractivity contribution in [2.45, 2.75) is 38.4 Å². The number of hydrogen-bond donors (Lipinski definition) is 1. The van der Waals surface area contributed by atoms with Crippen molar-refractivity contribution in [2.24, 2.45) is 0 Å². The van der Waals surface area contributed by atoms with Crippen molar-refractivity contribution < 1.29 is 35.2 Å². The van der Waals surface area contributed by atoms with Crippen LogP contribution in [-0.4, -0.2) is 37.5 Å². The summed E-state index contributed by atoms with van der Waals surface area (Å²) in [6, 6.07) is 2.24. The number of halogens is 5. The predicted molar refractivity (Wildman–Crippen MR) is 104 cm³/mol. The summed E-state index contributed by atoms with van der Waals surface area (Å²) < 4.78 is 95.4. The Morgan fingerprint density at radius 2 is 1.81 bits per heavy atom. The molecule has 1 N–H and O–H groups in total. The van der Waals surface area contributed by atoms with Crippen LogP contribution in [-0.2, 0) is 9.84 Å². The highest BCUT2D eigenvalue weighted by atomic mass is 32.2. The van der Waals surface area contributed by atoms with Gasteiger partial charge in [-0.25, -0.2) is 30.4 Å². The van der Waals surface area contributed by atoms with Gasteiger partial charge in [-0.05, 0) is 50.1 Å². The minimum Gasteiger partial charge on any atom is -0.351 e. The van der Waals surface area contributed by atoms with E-state index < -0.39 is 62.1 Å². The summed E-state index contributed by atoms with van der Waals surface area (Å²) in [5, 5.41) is 0.352. The summed E-state index contributed by atoms with van der Waals surface area (Å²) in [7, 11) is -4.66. The van der Waals surface area contributed by atoms with Crippen molar-refractivity contribution in [3.05, 3.63) is 64.2 Å². The molecule has 1 heterocycles. The van der Waals surface area contributed by atoms with Crippen LogP contribution in [0, 0.1) is 24.4 Å². The van der Waals surface area contributed by atoms with E-state index in [0.29, 0.717) is 25.6 Å². The van der Waals surface area contributed by atoms with E-state index in [1.807, 2.05) is 0 Å². The highest BCUT2D eigenvalue weighted by Crippen LogP contribution is 2.37. The fourth-order valence-corrected chi connectivity index (χ4v) is 5.05. The number of aryl methyl sites for hydroxylation is 1. The number of aromatic nitrogens is 1. The maximum absolute atomic E-state index is 14.5. The van der Waals surface area contributed by atoms with Crippen LogP contribution in [0.1, 0.15) is 52.7 Å². The molecule has 2 aromatic rings. The Morgan fingerprint density at radius 3 is 2.35 bits per heavy atom. The fourth-order valence-electron chi connectivity index (χ4n) is 2.97. The largest absolute Gasteiger partial charge is 0.351 e. The first-order chi connectivity index (χ1) is 14.3. The number of carbonyl (C=O) groups excluding carboxylic acids is 1. The van der Waals surface area contributed by atoms with Gasteiger partial charge in [0.25, 0.3) is 5.91 Å². The van der Waals surface area contributed by atoms with Crippen LogP contribution >= 0.6 is 0 Å². The van der Waals surface area contributed by atoms with Gasteiger partial charge in [0.05, 0.1) is 5.75 Å². The van der Waals surface area contributed by atoms with Crippen LogP contribution in [0.5, 0.6) is 0 Å². The van der Waals surface area contributed by atoms with Gasteiger partial charge in [0, 0.05) is 24.7 Å². The standard InChI is InChI=1S/C20H21F5N2O3S/c1-4-26-19(28)15-9-11(2)12(10-27-15)18(31(29,30)8-7-20(3,24)25)16-13(21)5-6-14(22)17(16)23/h5-6,9-10,18H,4,7-8H2,1-3H3,(H,26,28). The van der Waals surface area contributed by atoms with E-state index in [1.165, 1.54) is 13.0 Å². The van der Waals surface area contributed by atoms with Crippen molar-refractivity contribution in [1.29, 1.82) is 0 Å². The maximum atomic E-state index is 14.5. The predicted octanol–water partition coefficient (Wildman–Crippen LogP) is 4.11. The SMILES string of the molecule is CCNC(=O)c1cc(C)c(C(c2c(F)ccc(F)c2F)S(=O)(=O)CCC(C)(F)F)cn1. The molecule has 1 aromatic heterocycles. The van der Waals surface area contributed by atoms with E-state index >= 15 is 0 Å². The highest BCUT2D eigenvalue weighted by molar-refractivity contribution is 7.91. The number of alkyl halides is 2. The van der Waals surface area contributed by atoms with Crippen LogP contribution in [0.2, 0.25) is 0 Å². The number of rotatable bonds is 8. The molecule has 0 fully saturated rings. The van der Waals surface area contributed by atoms with Gasteiger partial charge in [-0.15, -0.1) is 0 Å². The van der Waals surface area contributed by atoms with Gasteiger partial charge in [-0.3, -0.25) is 9.78 Å². The third kappa shape index (κ3) is 5.78. The van der Waals surface area contributed by atoms with Crippen molar-refractivity contribution in [2.75, 3.05) is 12.3 Å². The third-order valence-electron chi connectivity index (χ3n) is 4.53. The Hall–Kier alpha value is -2.56. The Kier molecular flexibility index (Phi) is 7.40. The molecule has 31 heavy (non-hydrogen) atoms. The van der Waals surface area contributed by atoms with Crippen LogP contribution < -0.4 is 5.32 Å². The van der Waals surface area contributed by atoms with E-state index in [9.17, 15) is 35.2 Å². The van der Waals surface area contributed by atoms with Crippen LogP contribution in [0.3, 0.4) is 0 Å². The molecular formula is C20H21F5N2O3S. The number of nitrogens with one attached hydrogen (secondary N) is 1. The lowest BCUT2D eigenvalue weighted by molar-refractivity contribution is 0.0189. The molecular weight excluding hydrogens is 443 g/mol. The van der Waals surface area contributed by atoms with E-state index in [4.69, 9.17) is 0 Å². The first-order valence-electron chi connectivity index (χ1n) is 9.26. The average molecular weight is 464 g/mol. The van der Waals surface area contributed by atoms with Gasteiger partial charge in [0.2, 0.25) is 5.92 Å². The number of sulfone groups is 1. The number of amides is 1. The number of pyridine rings is 1. The molecule has 0 bridgehead atoms. The lowest BCUT2D eigenvalue weighted by Gasteiger charge is -2.22. The summed E-state index contributed by atoms with van der Waals surface area (Å²) in [5.41, 5.74) is -1.36. The first-order valence-corrected chi connectivity index (χ1v) is 11.0. The van der Waals surface area contributed by atoms with E-state index in [0.717, 1.165) is 6.20 Å². The molecule has 1 aromatic carbocycles. The zero-order valence-electron chi connectivity index (χ0n) is 17.0. The van der Waals surface area contributed by atoms with Crippen molar-refractivity contribution in [3.8, 4) is 0 Å². The Morgan fingerprint density at radius 1 is 1.19 bits per heavy atom. The zero-order valence-corrected chi connectivity index (χ0v) is 17.8. The number of carbonyl (C=O) groups is 1. The second kappa shape index (κ2) is 9.29. The summed E-state index contributed by atoms with van der Waals surface area (Å²) in [4.78, 5) is 15.8. The second-order valence-corrected chi connectivity index (χ2v) is 9.32. The molecule has 1 atom stereocenters. The van der Waals surface area contributed by atoms with Crippen molar-refractivity contribution in [1.82, 2.24) is 10.3 Å². The number of benzene rings is 1. The molecule has 0 saturated heterocycles. The van der Waals surface area contributed by atoms with Gasteiger partial charge in [-0.1, -0.05) is 0 Å². The molecule has 0 saturated carbocycles. The zero-order chi connectivity index (χ0) is 23.6. The highest BCUT2D eigenvalue weighted by Gasteiger charge is 2.38. The number of hydrogen-bond acceptors (Lipinski definition) is 4. The molecule has 0 aliphatic carbocycles.